The van der Waals surface area contributed by atoms with Crippen LogP contribution in [0.15, 0.2) is 48.8 Å². The zero-order chi connectivity index (χ0) is 11.9. The Kier molecular flexibility index (Phi) is 4.11. The summed E-state index contributed by atoms with van der Waals surface area (Å²) in [4.78, 5) is 3.98. The molecule has 0 aliphatic rings. The predicted molar refractivity (Wildman–Crippen MR) is 67.8 cm³/mol. The SMILES string of the molecule is NCCc1ccccc1OCc1ccncc1. The van der Waals surface area contributed by atoms with Gasteiger partial charge in [0.25, 0.3) is 0 Å². The fraction of sp³-hybridized carbons (Fsp3) is 0.214. The molecule has 0 spiro atoms. The molecule has 0 fully saturated rings. The van der Waals surface area contributed by atoms with E-state index < -0.39 is 0 Å². The highest BCUT2D eigenvalue weighted by atomic mass is 16.5. The summed E-state index contributed by atoms with van der Waals surface area (Å²) in [7, 11) is 0. The van der Waals surface area contributed by atoms with Crippen LogP contribution in [-0.2, 0) is 13.0 Å². The number of ether oxygens (including phenoxy) is 1. The molecule has 1 aromatic carbocycles. The zero-order valence-electron chi connectivity index (χ0n) is 9.67. The molecule has 0 radical (unpaired) electrons. The normalized spacial score (nSPS) is 10.2. The van der Waals surface area contributed by atoms with Crippen LogP contribution in [0.2, 0.25) is 0 Å². The Morgan fingerprint density at radius 1 is 1.06 bits per heavy atom. The second kappa shape index (κ2) is 6.01. The van der Waals surface area contributed by atoms with Crippen LogP contribution >= 0.6 is 0 Å². The van der Waals surface area contributed by atoms with Gasteiger partial charge in [-0.05, 0) is 42.3 Å². The highest BCUT2D eigenvalue weighted by Gasteiger charge is 2.02. The highest BCUT2D eigenvalue weighted by Crippen LogP contribution is 2.19. The molecule has 3 heteroatoms. The van der Waals surface area contributed by atoms with Gasteiger partial charge in [0.2, 0.25) is 0 Å². The smallest absolute Gasteiger partial charge is 0.123 e. The number of benzene rings is 1. The minimum atomic E-state index is 0.560. The van der Waals surface area contributed by atoms with Crippen molar-refractivity contribution in [1.82, 2.24) is 4.98 Å². The van der Waals surface area contributed by atoms with Crippen molar-refractivity contribution >= 4 is 0 Å². The summed E-state index contributed by atoms with van der Waals surface area (Å²) in [6.45, 7) is 1.19. The molecule has 1 aromatic heterocycles. The Hall–Kier alpha value is -1.87. The highest BCUT2D eigenvalue weighted by molar-refractivity contribution is 5.33. The van der Waals surface area contributed by atoms with Crippen LogP contribution in [0, 0.1) is 0 Å². The second-order valence-corrected chi connectivity index (χ2v) is 3.79. The summed E-state index contributed by atoms with van der Waals surface area (Å²) < 4.78 is 5.79. The van der Waals surface area contributed by atoms with E-state index in [2.05, 4.69) is 11.1 Å². The summed E-state index contributed by atoms with van der Waals surface area (Å²) in [5, 5.41) is 0. The number of para-hydroxylation sites is 1. The third kappa shape index (κ3) is 3.29. The van der Waals surface area contributed by atoms with Gasteiger partial charge in [-0.1, -0.05) is 18.2 Å². The van der Waals surface area contributed by atoms with Crippen molar-refractivity contribution < 1.29 is 4.74 Å². The fourth-order valence-electron chi connectivity index (χ4n) is 1.65. The van der Waals surface area contributed by atoms with Gasteiger partial charge in [-0.2, -0.15) is 0 Å². The van der Waals surface area contributed by atoms with E-state index in [1.807, 2.05) is 30.3 Å². The van der Waals surface area contributed by atoms with E-state index in [0.29, 0.717) is 13.2 Å². The number of hydrogen-bond donors (Lipinski definition) is 1. The summed E-state index contributed by atoms with van der Waals surface area (Å²) in [5.41, 5.74) is 7.84. The Morgan fingerprint density at radius 3 is 2.59 bits per heavy atom. The average molecular weight is 228 g/mol. The molecule has 2 rings (SSSR count). The second-order valence-electron chi connectivity index (χ2n) is 3.79. The lowest BCUT2D eigenvalue weighted by Gasteiger charge is -2.10. The van der Waals surface area contributed by atoms with E-state index in [-0.39, 0.29) is 0 Å². The van der Waals surface area contributed by atoms with E-state index in [1.165, 1.54) is 0 Å². The van der Waals surface area contributed by atoms with Crippen molar-refractivity contribution in [3.8, 4) is 5.75 Å². The molecule has 0 aliphatic heterocycles. The summed E-state index contributed by atoms with van der Waals surface area (Å²) in [5.74, 6) is 0.912. The first-order valence-corrected chi connectivity index (χ1v) is 5.70. The largest absolute Gasteiger partial charge is 0.489 e. The number of nitrogens with zero attached hydrogens (tertiary/aromatic N) is 1. The lowest BCUT2D eigenvalue weighted by Crippen LogP contribution is -2.05. The van der Waals surface area contributed by atoms with Crippen LogP contribution in [0.25, 0.3) is 0 Å². The molecule has 17 heavy (non-hydrogen) atoms. The van der Waals surface area contributed by atoms with Gasteiger partial charge in [0.05, 0.1) is 0 Å². The van der Waals surface area contributed by atoms with Crippen LogP contribution in [0.5, 0.6) is 5.75 Å². The molecule has 0 bridgehead atoms. The average Bonchev–Trinajstić information content (AvgIpc) is 2.39. The quantitative estimate of drug-likeness (QED) is 0.853. The number of rotatable bonds is 5. The fourth-order valence-corrected chi connectivity index (χ4v) is 1.65. The van der Waals surface area contributed by atoms with Crippen molar-refractivity contribution in [2.45, 2.75) is 13.0 Å². The molecular weight excluding hydrogens is 212 g/mol. The number of hydrogen-bond acceptors (Lipinski definition) is 3. The number of aromatic nitrogens is 1. The van der Waals surface area contributed by atoms with Gasteiger partial charge in [0.15, 0.2) is 0 Å². The van der Waals surface area contributed by atoms with Crippen molar-refractivity contribution in [1.29, 1.82) is 0 Å². The Balaban J connectivity index is 2.03. The minimum Gasteiger partial charge on any atom is -0.489 e. The molecule has 0 atom stereocenters. The van der Waals surface area contributed by atoms with E-state index in [4.69, 9.17) is 10.5 Å². The van der Waals surface area contributed by atoms with E-state index in [0.717, 1.165) is 23.3 Å². The van der Waals surface area contributed by atoms with Gasteiger partial charge in [-0.25, -0.2) is 0 Å². The molecule has 2 N–H and O–H groups in total. The van der Waals surface area contributed by atoms with E-state index in [9.17, 15) is 0 Å². The van der Waals surface area contributed by atoms with Crippen molar-refractivity contribution in [3.05, 3.63) is 59.9 Å². The van der Waals surface area contributed by atoms with Crippen LogP contribution in [0.3, 0.4) is 0 Å². The molecule has 2 aromatic rings. The molecule has 1 heterocycles. The monoisotopic (exact) mass is 228 g/mol. The topological polar surface area (TPSA) is 48.1 Å². The Labute approximate surface area is 101 Å². The lowest BCUT2D eigenvalue weighted by atomic mass is 10.1. The Morgan fingerprint density at radius 2 is 1.82 bits per heavy atom. The van der Waals surface area contributed by atoms with E-state index in [1.54, 1.807) is 12.4 Å². The molecule has 0 amide bonds. The minimum absolute atomic E-state index is 0.560. The number of pyridine rings is 1. The molecule has 88 valence electrons. The van der Waals surface area contributed by atoms with Gasteiger partial charge in [-0.15, -0.1) is 0 Å². The summed E-state index contributed by atoms with van der Waals surface area (Å²) in [6.07, 6.45) is 4.38. The van der Waals surface area contributed by atoms with Crippen LogP contribution in [0.4, 0.5) is 0 Å². The third-order valence-electron chi connectivity index (χ3n) is 2.53. The van der Waals surface area contributed by atoms with Gasteiger partial charge in [0, 0.05) is 12.4 Å². The van der Waals surface area contributed by atoms with Crippen LogP contribution in [-0.4, -0.2) is 11.5 Å². The van der Waals surface area contributed by atoms with Gasteiger partial charge in [0.1, 0.15) is 12.4 Å². The maximum absolute atomic E-state index is 5.79. The summed E-state index contributed by atoms with van der Waals surface area (Å²) >= 11 is 0. The predicted octanol–water partition coefficient (Wildman–Crippen LogP) is 2.16. The zero-order valence-corrected chi connectivity index (χ0v) is 9.67. The van der Waals surface area contributed by atoms with Crippen molar-refractivity contribution in [2.75, 3.05) is 6.54 Å². The van der Waals surface area contributed by atoms with Crippen LogP contribution < -0.4 is 10.5 Å². The standard InChI is InChI=1S/C14H16N2O/c15-8-5-13-3-1-2-4-14(13)17-11-12-6-9-16-10-7-12/h1-4,6-7,9-10H,5,8,11,15H2. The van der Waals surface area contributed by atoms with Gasteiger partial charge in [-0.3, -0.25) is 4.98 Å². The molecule has 0 saturated heterocycles. The summed E-state index contributed by atoms with van der Waals surface area (Å²) in [6, 6.07) is 11.9. The van der Waals surface area contributed by atoms with Crippen molar-refractivity contribution in [3.63, 3.8) is 0 Å². The van der Waals surface area contributed by atoms with E-state index >= 15 is 0 Å². The molecular formula is C14H16N2O. The van der Waals surface area contributed by atoms with Crippen molar-refractivity contribution in [2.24, 2.45) is 5.73 Å². The first-order chi connectivity index (χ1) is 8.40. The lowest BCUT2D eigenvalue weighted by molar-refractivity contribution is 0.303. The first kappa shape index (κ1) is 11.6. The molecule has 0 unspecified atom stereocenters. The third-order valence-corrected chi connectivity index (χ3v) is 2.53. The van der Waals surface area contributed by atoms with Gasteiger partial charge >= 0.3 is 0 Å². The molecule has 3 nitrogen and oxygen atoms in total. The maximum atomic E-state index is 5.79. The number of nitrogens with two attached hydrogens (primary N) is 1. The molecule has 0 saturated carbocycles. The molecule has 0 aliphatic carbocycles. The Bertz CT molecular complexity index is 457. The first-order valence-electron chi connectivity index (χ1n) is 5.70. The maximum Gasteiger partial charge on any atom is 0.123 e. The van der Waals surface area contributed by atoms with Crippen LogP contribution in [0.1, 0.15) is 11.1 Å². The van der Waals surface area contributed by atoms with Gasteiger partial charge < -0.3 is 10.5 Å².